The maximum atomic E-state index is 5.67. The van der Waals surface area contributed by atoms with Crippen molar-refractivity contribution in [3.8, 4) is 11.5 Å². The minimum atomic E-state index is 0.490. The average Bonchev–Trinajstić information content (AvgIpc) is 3.16. The number of rotatable bonds is 5. The maximum Gasteiger partial charge on any atom is 0.277 e. The van der Waals surface area contributed by atoms with Gasteiger partial charge in [0.15, 0.2) is 0 Å². The van der Waals surface area contributed by atoms with Crippen molar-refractivity contribution in [3.05, 3.63) is 41.1 Å². The Morgan fingerprint density at radius 3 is 2.50 bits per heavy atom. The Morgan fingerprint density at radius 2 is 1.77 bits per heavy atom. The third-order valence-electron chi connectivity index (χ3n) is 3.29. The summed E-state index contributed by atoms with van der Waals surface area (Å²) in [5, 5.41) is 16.5. The number of aryl methyl sites for hydroxylation is 3. The summed E-state index contributed by atoms with van der Waals surface area (Å²) < 4.78 is 11.1. The third kappa shape index (κ3) is 3.19. The van der Waals surface area contributed by atoms with Crippen LogP contribution in [0.15, 0.2) is 32.3 Å². The summed E-state index contributed by atoms with van der Waals surface area (Å²) in [5.74, 6) is 2.23. The summed E-state index contributed by atoms with van der Waals surface area (Å²) in [5.41, 5.74) is 3.36. The molecule has 7 heteroatoms. The molecule has 2 heterocycles. The van der Waals surface area contributed by atoms with Gasteiger partial charge in [0.1, 0.15) is 0 Å². The van der Waals surface area contributed by atoms with Gasteiger partial charge in [0, 0.05) is 12.0 Å². The molecule has 0 aliphatic carbocycles. The lowest BCUT2D eigenvalue weighted by Gasteiger charge is -2.00. The van der Waals surface area contributed by atoms with Crippen molar-refractivity contribution < 1.29 is 8.83 Å². The fourth-order valence-corrected chi connectivity index (χ4v) is 2.47. The molecule has 0 bridgehead atoms. The molecular weight excluding hydrogens is 300 g/mol. The third-order valence-corrected chi connectivity index (χ3v) is 4.09. The van der Waals surface area contributed by atoms with Gasteiger partial charge in [-0.05, 0) is 37.1 Å². The second-order valence-electron chi connectivity index (χ2n) is 4.90. The van der Waals surface area contributed by atoms with E-state index in [-0.39, 0.29) is 0 Å². The molecule has 0 aliphatic rings. The van der Waals surface area contributed by atoms with Gasteiger partial charge in [0.2, 0.25) is 17.7 Å². The molecule has 3 aromatic rings. The zero-order valence-corrected chi connectivity index (χ0v) is 13.5. The van der Waals surface area contributed by atoms with Gasteiger partial charge in [-0.25, -0.2) is 0 Å². The molecule has 0 saturated carbocycles. The molecule has 2 aromatic heterocycles. The first-order chi connectivity index (χ1) is 10.7. The van der Waals surface area contributed by atoms with Crippen LogP contribution >= 0.6 is 11.8 Å². The van der Waals surface area contributed by atoms with Crippen LogP contribution < -0.4 is 0 Å². The molecule has 0 saturated heterocycles. The van der Waals surface area contributed by atoms with Crippen LogP contribution in [0.5, 0.6) is 0 Å². The van der Waals surface area contributed by atoms with Gasteiger partial charge in [-0.15, -0.1) is 20.4 Å². The lowest BCUT2D eigenvalue weighted by Crippen LogP contribution is -1.83. The molecule has 114 valence electrons. The van der Waals surface area contributed by atoms with Gasteiger partial charge in [0.05, 0.1) is 5.75 Å². The Kier molecular flexibility index (Phi) is 4.24. The molecule has 3 rings (SSSR count). The summed E-state index contributed by atoms with van der Waals surface area (Å²) in [7, 11) is 0. The van der Waals surface area contributed by atoms with Crippen LogP contribution in [0.25, 0.3) is 11.5 Å². The number of aromatic nitrogens is 4. The van der Waals surface area contributed by atoms with Gasteiger partial charge < -0.3 is 8.83 Å². The first-order valence-corrected chi connectivity index (χ1v) is 7.99. The summed E-state index contributed by atoms with van der Waals surface area (Å²) in [6, 6.07) is 6.07. The molecular formula is C15H16N4O2S. The van der Waals surface area contributed by atoms with E-state index in [1.165, 1.54) is 22.9 Å². The fourth-order valence-electron chi connectivity index (χ4n) is 1.87. The number of thioether (sulfide) groups is 1. The quantitative estimate of drug-likeness (QED) is 0.665. The molecule has 1 aromatic carbocycles. The minimum absolute atomic E-state index is 0.490. The highest BCUT2D eigenvalue weighted by molar-refractivity contribution is 7.98. The standard InChI is InChI=1S/C15H16N4O2S/c1-4-12-16-17-13(20-12)8-22-15-19-18-14(21-15)11-6-5-9(2)10(3)7-11/h5-7H,4,8H2,1-3H3. The van der Waals surface area contributed by atoms with E-state index in [0.29, 0.717) is 28.6 Å². The van der Waals surface area contributed by atoms with E-state index in [0.717, 1.165) is 12.0 Å². The van der Waals surface area contributed by atoms with E-state index in [1.54, 1.807) is 0 Å². The molecule has 0 radical (unpaired) electrons. The monoisotopic (exact) mass is 316 g/mol. The average molecular weight is 316 g/mol. The van der Waals surface area contributed by atoms with Crippen molar-refractivity contribution in [1.82, 2.24) is 20.4 Å². The Bertz CT molecular complexity index is 781. The van der Waals surface area contributed by atoms with Gasteiger partial charge >= 0.3 is 0 Å². The predicted octanol–water partition coefficient (Wildman–Crippen LogP) is 3.59. The van der Waals surface area contributed by atoms with Crippen molar-refractivity contribution in [3.63, 3.8) is 0 Å². The predicted molar refractivity (Wildman–Crippen MR) is 82.4 cm³/mol. The summed E-state index contributed by atoms with van der Waals surface area (Å²) in [6.07, 6.45) is 0.731. The van der Waals surface area contributed by atoms with Crippen molar-refractivity contribution in [2.75, 3.05) is 0 Å². The summed E-state index contributed by atoms with van der Waals surface area (Å²) >= 11 is 1.38. The van der Waals surface area contributed by atoms with Gasteiger partial charge in [-0.3, -0.25) is 0 Å². The van der Waals surface area contributed by atoms with Crippen LogP contribution in [0.1, 0.15) is 29.8 Å². The molecule has 0 spiro atoms. The van der Waals surface area contributed by atoms with E-state index >= 15 is 0 Å². The molecule has 0 aliphatic heterocycles. The maximum absolute atomic E-state index is 5.67. The van der Waals surface area contributed by atoms with Crippen LogP contribution in [0, 0.1) is 13.8 Å². The van der Waals surface area contributed by atoms with Gasteiger partial charge in [0.25, 0.3) is 5.22 Å². The molecule has 0 fully saturated rings. The van der Waals surface area contributed by atoms with E-state index in [1.807, 2.05) is 25.1 Å². The SMILES string of the molecule is CCc1nnc(CSc2nnc(-c3ccc(C)c(C)c3)o2)o1. The van der Waals surface area contributed by atoms with E-state index < -0.39 is 0 Å². The van der Waals surface area contributed by atoms with Crippen LogP contribution in [-0.4, -0.2) is 20.4 Å². The van der Waals surface area contributed by atoms with Gasteiger partial charge in [-0.2, -0.15) is 0 Å². The molecule has 6 nitrogen and oxygen atoms in total. The highest BCUT2D eigenvalue weighted by Crippen LogP contribution is 2.26. The van der Waals surface area contributed by atoms with Crippen LogP contribution in [-0.2, 0) is 12.2 Å². The van der Waals surface area contributed by atoms with Crippen molar-refractivity contribution in [1.29, 1.82) is 0 Å². The Morgan fingerprint density at radius 1 is 0.955 bits per heavy atom. The Hall–Kier alpha value is -2.15. The first kappa shape index (κ1) is 14.8. The summed E-state index contributed by atoms with van der Waals surface area (Å²) in [6.45, 7) is 6.10. The molecule has 0 amide bonds. The second kappa shape index (κ2) is 6.31. The van der Waals surface area contributed by atoms with E-state index in [9.17, 15) is 0 Å². The molecule has 0 N–H and O–H groups in total. The highest BCUT2D eigenvalue weighted by atomic mass is 32.2. The smallest absolute Gasteiger partial charge is 0.277 e. The van der Waals surface area contributed by atoms with Crippen LogP contribution in [0.4, 0.5) is 0 Å². The number of hydrogen-bond donors (Lipinski definition) is 0. The Balaban J connectivity index is 1.69. The van der Waals surface area contributed by atoms with E-state index in [4.69, 9.17) is 8.83 Å². The first-order valence-electron chi connectivity index (χ1n) is 7.01. The number of nitrogens with zero attached hydrogens (tertiary/aromatic N) is 4. The molecule has 0 atom stereocenters. The lowest BCUT2D eigenvalue weighted by molar-refractivity contribution is 0.458. The zero-order chi connectivity index (χ0) is 15.5. The van der Waals surface area contributed by atoms with Crippen molar-refractivity contribution in [2.45, 2.75) is 38.2 Å². The second-order valence-corrected chi connectivity index (χ2v) is 5.83. The zero-order valence-electron chi connectivity index (χ0n) is 12.7. The Labute approximate surface area is 132 Å². The van der Waals surface area contributed by atoms with Crippen molar-refractivity contribution >= 4 is 11.8 Å². The van der Waals surface area contributed by atoms with Crippen LogP contribution in [0.3, 0.4) is 0 Å². The van der Waals surface area contributed by atoms with Crippen LogP contribution in [0.2, 0.25) is 0 Å². The largest absolute Gasteiger partial charge is 0.424 e. The van der Waals surface area contributed by atoms with E-state index in [2.05, 4.69) is 34.2 Å². The number of benzene rings is 1. The highest BCUT2D eigenvalue weighted by Gasteiger charge is 2.12. The van der Waals surface area contributed by atoms with Crippen molar-refractivity contribution in [2.24, 2.45) is 0 Å². The normalized spacial score (nSPS) is 11.0. The molecule has 22 heavy (non-hydrogen) atoms. The molecule has 0 unspecified atom stereocenters. The minimum Gasteiger partial charge on any atom is -0.424 e. The lowest BCUT2D eigenvalue weighted by atomic mass is 10.1. The van der Waals surface area contributed by atoms with Gasteiger partial charge in [-0.1, -0.05) is 24.8 Å². The topological polar surface area (TPSA) is 77.8 Å². The number of hydrogen-bond acceptors (Lipinski definition) is 7. The summed E-state index contributed by atoms with van der Waals surface area (Å²) in [4.78, 5) is 0. The fraction of sp³-hybridized carbons (Fsp3) is 0.333.